The number of nitrogens with zero attached hydrogens (tertiary/aromatic N) is 2. The van der Waals surface area contributed by atoms with Gasteiger partial charge in [0.25, 0.3) is 0 Å². The zero-order chi connectivity index (χ0) is 13.7. The Morgan fingerprint density at radius 1 is 1.21 bits per heavy atom. The summed E-state index contributed by atoms with van der Waals surface area (Å²) in [5.74, 6) is 0.954. The van der Waals surface area contributed by atoms with E-state index in [9.17, 15) is 4.39 Å². The summed E-state index contributed by atoms with van der Waals surface area (Å²) in [6.45, 7) is 4.40. The Balaban J connectivity index is 1.97. The molecule has 0 unspecified atom stereocenters. The van der Waals surface area contributed by atoms with Gasteiger partial charge < -0.3 is 10.1 Å². The topological polar surface area (TPSA) is 47.0 Å². The quantitative estimate of drug-likeness (QED) is 0.898. The van der Waals surface area contributed by atoms with Crippen molar-refractivity contribution in [3.8, 4) is 5.88 Å². The molecule has 0 aliphatic heterocycles. The first-order valence-electron chi connectivity index (χ1n) is 6.09. The van der Waals surface area contributed by atoms with Crippen molar-refractivity contribution in [2.75, 3.05) is 5.32 Å². The van der Waals surface area contributed by atoms with Gasteiger partial charge in [-0.3, -0.25) is 0 Å². The van der Waals surface area contributed by atoms with Crippen molar-refractivity contribution in [3.05, 3.63) is 48.0 Å². The summed E-state index contributed by atoms with van der Waals surface area (Å²) in [6, 6.07) is 8.21. The zero-order valence-corrected chi connectivity index (χ0v) is 10.9. The van der Waals surface area contributed by atoms with E-state index in [1.807, 2.05) is 13.8 Å². The number of benzene rings is 1. The molecule has 0 saturated heterocycles. The molecule has 0 atom stereocenters. The average molecular weight is 261 g/mol. The summed E-state index contributed by atoms with van der Waals surface area (Å²) in [4.78, 5) is 8.13. The van der Waals surface area contributed by atoms with Gasteiger partial charge in [0.1, 0.15) is 24.6 Å². The summed E-state index contributed by atoms with van der Waals surface area (Å²) in [5, 5.41) is 3.17. The molecule has 5 heteroatoms. The third kappa shape index (κ3) is 4.21. The monoisotopic (exact) mass is 261 g/mol. The second-order valence-corrected chi connectivity index (χ2v) is 4.46. The maximum atomic E-state index is 12.8. The van der Waals surface area contributed by atoms with E-state index in [-0.39, 0.29) is 5.82 Å². The second-order valence-electron chi connectivity index (χ2n) is 4.46. The lowest BCUT2D eigenvalue weighted by atomic mass is 10.2. The van der Waals surface area contributed by atoms with Gasteiger partial charge in [0.2, 0.25) is 5.88 Å². The van der Waals surface area contributed by atoms with E-state index in [1.165, 1.54) is 18.5 Å². The standard InChI is InChI=1S/C14H16FN3O/c1-10(2)18-13-7-14(17-9-16-13)19-8-11-3-5-12(15)6-4-11/h3-7,9-10H,8H2,1-2H3,(H,16,17,18). The number of ether oxygens (including phenoxy) is 1. The normalized spacial score (nSPS) is 10.5. The van der Waals surface area contributed by atoms with Gasteiger partial charge in [-0.05, 0) is 31.5 Å². The van der Waals surface area contributed by atoms with E-state index >= 15 is 0 Å². The SMILES string of the molecule is CC(C)Nc1cc(OCc2ccc(F)cc2)ncn1. The number of anilines is 1. The molecule has 0 radical (unpaired) electrons. The van der Waals surface area contributed by atoms with Crippen LogP contribution >= 0.6 is 0 Å². The minimum atomic E-state index is -0.255. The Hall–Kier alpha value is -2.17. The predicted octanol–water partition coefficient (Wildman–Crippen LogP) is 3.02. The van der Waals surface area contributed by atoms with Gasteiger partial charge in [-0.2, -0.15) is 0 Å². The van der Waals surface area contributed by atoms with E-state index in [2.05, 4.69) is 15.3 Å². The van der Waals surface area contributed by atoms with Crippen molar-refractivity contribution >= 4 is 5.82 Å². The molecule has 0 saturated carbocycles. The van der Waals surface area contributed by atoms with Crippen molar-refractivity contribution in [3.63, 3.8) is 0 Å². The minimum absolute atomic E-state index is 0.255. The third-order valence-electron chi connectivity index (χ3n) is 2.38. The summed E-state index contributed by atoms with van der Waals surface area (Å²) >= 11 is 0. The van der Waals surface area contributed by atoms with Crippen molar-refractivity contribution in [1.82, 2.24) is 9.97 Å². The number of halogens is 1. The fourth-order valence-corrected chi connectivity index (χ4v) is 1.53. The number of hydrogen-bond acceptors (Lipinski definition) is 4. The lowest BCUT2D eigenvalue weighted by molar-refractivity contribution is 0.293. The molecule has 1 N–H and O–H groups in total. The molecule has 4 nitrogen and oxygen atoms in total. The maximum Gasteiger partial charge on any atom is 0.218 e. The summed E-state index contributed by atoms with van der Waals surface area (Å²) < 4.78 is 18.3. The highest BCUT2D eigenvalue weighted by Gasteiger charge is 2.02. The molecule has 100 valence electrons. The van der Waals surface area contributed by atoms with Gasteiger partial charge in [0.15, 0.2) is 0 Å². The van der Waals surface area contributed by atoms with Crippen LogP contribution in [0.5, 0.6) is 5.88 Å². The van der Waals surface area contributed by atoms with Gasteiger partial charge in [-0.1, -0.05) is 12.1 Å². The molecule has 2 aromatic rings. The molecule has 19 heavy (non-hydrogen) atoms. The first-order valence-corrected chi connectivity index (χ1v) is 6.09. The lowest BCUT2D eigenvalue weighted by Crippen LogP contribution is -2.11. The molecule has 0 aliphatic rings. The van der Waals surface area contributed by atoms with Gasteiger partial charge in [-0.25, -0.2) is 14.4 Å². The van der Waals surface area contributed by atoms with Crippen LogP contribution in [0.4, 0.5) is 10.2 Å². The largest absolute Gasteiger partial charge is 0.473 e. The Morgan fingerprint density at radius 2 is 1.95 bits per heavy atom. The van der Waals surface area contributed by atoms with Crippen LogP contribution in [0.2, 0.25) is 0 Å². The molecule has 1 aromatic heterocycles. The van der Waals surface area contributed by atoms with Crippen LogP contribution in [0.1, 0.15) is 19.4 Å². The number of hydrogen-bond donors (Lipinski definition) is 1. The fourth-order valence-electron chi connectivity index (χ4n) is 1.53. The van der Waals surface area contributed by atoms with Crippen LogP contribution in [0.25, 0.3) is 0 Å². The van der Waals surface area contributed by atoms with E-state index in [1.54, 1.807) is 18.2 Å². The van der Waals surface area contributed by atoms with Gasteiger partial charge in [0.05, 0.1) is 0 Å². The summed E-state index contributed by atoms with van der Waals surface area (Å²) in [5.41, 5.74) is 0.887. The Morgan fingerprint density at radius 3 is 2.63 bits per heavy atom. The Bertz CT molecular complexity index is 528. The Labute approximate surface area is 111 Å². The van der Waals surface area contributed by atoms with Crippen LogP contribution < -0.4 is 10.1 Å². The smallest absolute Gasteiger partial charge is 0.218 e. The van der Waals surface area contributed by atoms with Crippen molar-refractivity contribution in [1.29, 1.82) is 0 Å². The molecule has 1 heterocycles. The molecule has 0 fully saturated rings. The maximum absolute atomic E-state index is 12.8. The van der Waals surface area contributed by atoms with Gasteiger partial charge in [-0.15, -0.1) is 0 Å². The predicted molar refractivity (Wildman–Crippen MR) is 71.5 cm³/mol. The van der Waals surface area contributed by atoms with Crippen LogP contribution in [-0.4, -0.2) is 16.0 Å². The minimum Gasteiger partial charge on any atom is -0.473 e. The lowest BCUT2D eigenvalue weighted by Gasteiger charge is -2.10. The molecule has 0 bridgehead atoms. The highest BCUT2D eigenvalue weighted by atomic mass is 19.1. The molecule has 2 rings (SSSR count). The number of rotatable bonds is 5. The molecular weight excluding hydrogens is 245 g/mol. The van der Waals surface area contributed by atoms with E-state index < -0.39 is 0 Å². The molecule has 0 aliphatic carbocycles. The molecule has 1 aromatic carbocycles. The average Bonchev–Trinajstić information content (AvgIpc) is 2.38. The summed E-state index contributed by atoms with van der Waals surface area (Å²) in [7, 11) is 0. The Kier molecular flexibility index (Phi) is 4.28. The van der Waals surface area contributed by atoms with Crippen LogP contribution in [-0.2, 0) is 6.61 Å². The van der Waals surface area contributed by atoms with E-state index in [0.717, 1.165) is 11.4 Å². The first kappa shape index (κ1) is 13.3. The van der Waals surface area contributed by atoms with Gasteiger partial charge >= 0.3 is 0 Å². The molecule has 0 spiro atoms. The number of aromatic nitrogens is 2. The van der Waals surface area contributed by atoms with Crippen LogP contribution in [0, 0.1) is 5.82 Å². The number of nitrogens with one attached hydrogen (secondary N) is 1. The van der Waals surface area contributed by atoms with Crippen LogP contribution in [0.15, 0.2) is 36.7 Å². The highest BCUT2D eigenvalue weighted by molar-refractivity contribution is 5.37. The van der Waals surface area contributed by atoms with Crippen molar-refractivity contribution < 1.29 is 9.13 Å². The highest BCUT2D eigenvalue weighted by Crippen LogP contribution is 2.14. The first-order chi connectivity index (χ1) is 9.13. The summed E-state index contributed by atoms with van der Waals surface area (Å²) in [6.07, 6.45) is 1.45. The molecular formula is C14H16FN3O. The van der Waals surface area contributed by atoms with E-state index in [4.69, 9.17) is 4.74 Å². The van der Waals surface area contributed by atoms with Crippen LogP contribution in [0.3, 0.4) is 0 Å². The van der Waals surface area contributed by atoms with Gasteiger partial charge in [0, 0.05) is 12.1 Å². The third-order valence-corrected chi connectivity index (χ3v) is 2.38. The molecule has 0 amide bonds. The second kappa shape index (κ2) is 6.13. The zero-order valence-electron chi connectivity index (χ0n) is 10.9. The fraction of sp³-hybridized carbons (Fsp3) is 0.286. The van der Waals surface area contributed by atoms with Crippen molar-refractivity contribution in [2.45, 2.75) is 26.5 Å². The van der Waals surface area contributed by atoms with E-state index in [0.29, 0.717) is 18.5 Å². The van der Waals surface area contributed by atoms with Crippen molar-refractivity contribution in [2.24, 2.45) is 0 Å².